The molecule has 4 rings (SSSR count). The van der Waals surface area contributed by atoms with Crippen molar-refractivity contribution in [1.29, 1.82) is 0 Å². The Morgan fingerprint density at radius 1 is 1.07 bits per heavy atom. The largest absolute Gasteiger partial charge is 0.468 e. The van der Waals surface area contributed by atoms with Crippen LogP contribution in [0.4, 0.5) is 5.69 Å². The number of carbonyl (C=O) groups is 3. The maximum atomic E-state index is 13.3. The first-order valence-corrected chi connectivity index (χ1v) is 9.30. The molecular weight excluding hydrogens is 380 g/mol. The van der Waals surface area contributed by atoms with Crippen LogP contribution in [0.3, 0.4) is 0 Å². The number of fused-ring (bicyclic) bond motifs is 1. The lowest BCUT2D eigenvalue weighted by Crippen LogP contribution is -2.54. The molecule has 2 saturated heterocycles. The van der Waals surface area contributed by atoms with Crippen LogP contribution in [0.15, 0.2) is 54.6 Å². The molecule has 1 N–H and O–H groups in total. The van der Waals surface area contributed by atoms with E-state index in [0.717, 1.165) is 5.56 Å². The molecule has 6 nitrogen and oxygen atoms in total. The van der Waals surface area contributed by atoms with E-state index in [2.05, 4.69) is 5.32 Å². The number of carbonyl (C=O) groups excluding carboxylic acids is 3. The van der Waals surface area contributed by atoms with Crippen molar-refractivity contribution in [2.75, 3.05) is 12.0 Å². The first-order chi connectivity index (χ1) is 13.4. The van der Waals surface area contributed by atoms with Crippen molar-refractivity contribution in [3.05, 3.63) is 65.2 Å². The number of benzene rings is 2. The molecule has 0 saturated carbocycles. The van der Waals surface area contributed by atoms with Gasteiger partial charge in [0.1, 0.15) is 5.54 Å². The monoisotopic (exact) mass is 398 g/mol. The van der Waals surface area contributed by atoms with Crippen molar-refractivity contribution in [3.63, 3.8) is 0 Å². The maximum absolute atomic E-state index is 13.3. The molecule has 4 atom stereocenters. The molecule has 2 heterocycles. The summed E-state index contributed by atoms with van der Waals surface area (Å²) in [6.07, 6.45) is 0. The molecule has 144 valence electrons. The average molecular weight is 399 g/mol. The van der Waals surface area contributed by atoms with E-state index in [1.807, 2.05) is 6.07 Å². The van der Waals surface area contributed by atoms with E-state index < -0.39 is 35.3 Å². The number of rotatable bonds is 3. The molecule has 7 heteroatoms. The topological polar surface area (TPSA) is 75.7 Å². The highest BCUT2D eigenvalue weighted by molar-refractivity contribution is 6.30. The van der Waals surface area contributed by atoms with E-state index in [-0.39, 0.29) is 5.91 Å². The van der Waals surface area contributed by atoms with Crippen LogP contribution < -0.4 is 10.2 Å². The first-order valence-electron chi connectivity index (χ1n) is 8.93. The summed E-state index contributed by atoms with van der Waals surface area (Å²) in [6, 6.07) is 15.3. The van der Waals surface area contributed by atoms with Gasteiger partial charge in [0.15, 0.2) is 0 Å². The van der Waals surface area contributed by atoms with Crippen molar-refractivity contribution in [2.24, 2.45) is 11.8 Å². The predicted octanol–water partition coefficient (Wildman–Crippen LogP) is 2.72. The molecule has 2 aliphatic heterocycles. The van der Waals surface area contributed by atoms with E-state index in [1.54, 1.807) is 55.5 Å². The van der Waals surface area contributed by atoms with Gasteiger partial charge in [-0.25, -0.2) is 4.90 Å². The Morgan fingerprint density at radius 2 is 1.71 bits per heavy atom. The smallest absolute Gasteiger partial charge is 0.326 e. The van der Waals surface area contributed by atoms with Crippen LogP contribution in [0.2, 0.25) is 5.02 Å². The van der Waals surface area contributed by atoms with E-state index >= 15 is 0 Å². The number of halogens is 1. The van der Waals surface area contributed by atoms with Gasteiger partial charge in [0, 0.05) is 11.1 Å². The summed E-state index contributed by atoms with van der Waals surface area (Å²) < 4.78 is 4.97. The van der Waals surface area contributed by atoms with Crippen LogP contribution in [-0.2, 0) is 19.1 Å². The number of imide groups is 1. The molecule has 28 heavy (non-hydrogen) atoms. The number of ether oxygens (including phenoxy) is 1. The van der Waals surface area contributed by atoms with Gasteiger partial charge in [-0.2, -0.15) is 0 Å². The van der Waals surface area contributed by atoms with Gasteiger partial charge in [0.2, 0.25) is 11.8 Å². The third kappa shape index (κ3) is 2.64. The van der Waals surface area contributed by atoms with E-state index in [1.165, 1.54) is 12.0 Å². The predicted molar refractivity (Wildman–Crippen MR) is 104 cm³/mol. The molecule has 2 amide bonds. The lowest BCUT2D eigenvalue weighted by atomic mass is 9.80. The number of para-hydroxylation sites is 1. The Kier molecular flexibility index (Phi) is 4.48. The second-order valence-corrected chi connectivity index (χ2v) is 7.65. The van der Waals surface area contributed by atoms with Gasteiger partial charge in [-0.15, -0.1) is 0 Å². The molecule has 2 aromatic rings. The molecule has 2 fully saturated rings. The van der Waals surface area contributed by atoms with Crippen LogP contribution in [0.1, 0.15) is 18.5 Å². The molecule has 0 spiro atoms. The third-order valence-corrected chi connectivity index (χ3v) is 5.89. The van der Waals surface area contributed by atoms with Crippen LogP contribution >= 0.6 is 11.6 Å². The molecule has 0 aromatic heterocycles. The van der Waals surface area contributed by atoms with Gasteiger partial charge < -0.3 is 4.74 Å². The number of methoxy groups -OCH3 is 1. The Bertz CT molecular complexity index is 947. The maximum Gasteiger partial charge on any atom is 0.326 e. The second-order valence-electron chi connectivity index (χ2n) is 7.22. The van der Waals surface area contributed by atoms with Crippen LogP contribution in [0.25, 0.3) is 0 Å². The quantitative estimate of drug-likeness (QED) is 0.635. The van der Waals surface area contributed by atoms with Gasteiger partial charge in [-0.1, -0.05) is 41.9 Å². The fourth-order valence-electron chi connectivity index (χ4n) is 4.33. The number of anilines is 1. The van der Waals surface area contributed by atoms with Crippen LogP contribution in [-0.4, -0.2) is 30.4 Å². The van der Waals surface area contributed by atoms with E-state index in [0.29, 0.717) is 10.7 Å². The molecule has 0 aliphatic carbocycles. The fourth-order valence-corrected chi connectivity index (χ4v) is 4.45. The second kappa shape index (κ2) is 6.72. The summed E-state index contributed by atoms with van der Waals surface area (Å²) in [7, 11) is 1.27. The minimum atomic E-state index is -1.32. The SMILES string of the molecule is COC(=O)[C@]1(C)N[C@H](c2ccc(Cl)cc2)[C@H]2C(=O)N(c3ccccc3)C(=O)[C@H]21. The molecule has 2 aromatic carbocycles. The summed E-state index contributed by atoms with van der Waals surface area (Å²) in [4.78, 5) is 40.4. The highest BCUT2D eigenvalue weighted by Crippen LogP contribution is 2.49. The minimum Gasteiger partial charge on any atom is -0.468 e. The number of esters is 1. The van der Waals surface area contributed by atoms with Gasteiger partial charge in [-0.05, 0) is 36.8 Å². The summed E-state index contributed by atoms with van der Waals surface area (Å²) in [5.74, 6) is -2.90. The number of amides is 2. The Balaban J connectivity index is 1.82. The normalized spacial score (nSPS) is 29.1. The molecular formula is C21H19ClN2O4. The number of hydrogen-bond donors (Lipinski definition) is 1. The third-order valence-electron chi connectivity index (χ3n) is 5.64. The Hall–Kier alpha value is -2.70. The van der Waals surface area contributed by atoms with Crippen molar-refractivity contribution in [2.45, 2.75) is 18.5 Å². The number of nitrogens with zero attached hydrogens (tertiary/aromatic N) is 1. The molecule has 0 unspecified atom stereocenters. The van der Waals surface area contributed by atoms with Crippen LogP contribution in [0, 0.1) is 11.8 Å². The molecule has 2 aliphatic rings. The Labute approximate surface area is 167 Å². The summed E-state index contributed by atoms with van der Waals surface area (Å²) >= 11 is 5.99. The zero-order valence-electron chi connectivity index (χ0n) is 15.4. The number of hydrogen-bond acceptors (Lipinski definition) is 5. The lowest BCUT2D eigenvalue weighted by molar-refractivity contribution is -0.151. The van der Waals surface area contributed by atoms with Crippen molar-refractivity contribution in [3.8, 4) is 0 Å². The van der Waals surface area contributed by atoms with Crippen LogP contribution in [0.5, 0.6) is 0 Å². The average Bonchev–Trinajstić information content (AvgIpc) is 3.16. The zero-order valence-corrected chi connectivity index (χ0v) is 16.1. The van der Waals surface area contributed by atoms with Gasteiger partial charge in [-0.3, -0.25) is 19.7 Å². The summed E-state index contributed by atoms with van der Waals surface area (Å²) in [5.41, 5.74) is -0.0444. The summed E-state index contributed by atoms with van der Waals surface area (Å²) in [5, 5.41) is 3.77. The molecule has 0 radical (unpaired) electrons. The first kappa shape index (κ1) is 18.7. The van der Waals surface area contributed by atoms with E-state index in [9.17, 15) is 14.4 Å². The van der Waals surface area contributed by atoms with Crippen molar-refractivity contribution in [1.82, 2.24) is 5.32 Å². The van der Waals surface area contributed by atoms with Gasteiger partial charge in [0.25, 0.3) is 0 Å². The summed E-state index contributed by atoms with van der Waals surface area (Å²) in [6.45, 7) is 1.62. The highest BCUT2D eigenvalue weighted by atomic mass is 35.5. The van der Waals surface area contributed by atoms with Gasteiger partial charge >= 0.3 is 5.97 Å². The highest BCUT2D eigenvalue weighted by Gasteiger charge is 2.67. The van der Waals surface area contributed by atoms with E-state index in [4.69, 9.17) is 16.3 Å². The lowest BCUT2D eigenvalue weighted by Gasteiger charge is -2.28. The fraction of sp³-hybridized carbons (Fsp3) is 0.286. The standard InChI is InChI=1S/C21H19ClN2O4/c1-21(20(27)28-2)16-15(17(23-21)12-8-10-13(22)11-9-12)18(25)24(19(16)26)14-6-4-3-5-7-14/h3-11,15-17,23H,1-2H3/t15-,16-,17+,21+/m0/s1. The van der Waals surface area contributed by atoms with Crippen molar-refractivity contribution < 1.29 is 19.1 Å². The Morgan fingerprint density at radius 3 is 2.32 bits per heavy atom. The number of nitrogens with one attached hydrogen (secondary N) is 1. The van der Waals surface area contributed by atoms with Gasteiger partial charge in [0.05, 0.1) is 24.6 Å². The van der Waals surface area contributed by atoms with Crippen molar-refractivity contribution >= 4 is 35.1 Å². The molecule has 0 bridgehead atoms. The minimum absolute atomic E-state index is 0.332. The zero-order chi connectivity index (χ0) is 20.1.